The molecule has 2 aliphatic rings. The van der Waals surface area contributed by atoms with E-state index < -0.39 is 0 Å². The van der Waals surface area contributed by atoms with E-state index in [4.69, 9.17) is 4.98 Å². The van der Waals surface area contributed by atoms with Gasteiger partial charge in [0.1, 0.15) is 12.1 Å². The van der Waals surface area contributed by atoms with Gasteiger partial charge in [-0.25, -0.2) is 15.0 Å². The summed E-state index contributed by atoms with van der Waals surface area (Å²) < 4.78 is 0. The normalized spacial score (nSPS) is 21.0. The highest BCUT2D eigenvalue weighted by Gasteiger charge is 2.28. The molecule has 7 heteroatoms. The van der Waals surface area contributed by atoms with Crippen LogP contribution in [-0.4, -0.2) is 38.2 Å². The van der Waals surface area contributed by atoms with Crippen LogP contribution in [0.1, 0.15) is 40.8 Å². The summed E-state index contributed by atoms with van der Waals surface area (Å²) >= 11 is 1.94. The summed E-state index contributed by atoms with van der Waals surface area (Å²) in [5, 5.41) is 9.37. The minimum Gasteiger partial charge on any atom is -0.355 e. The zero-order chi connectivity index (χ0) is 15.2. The number of anilines is 1. The fraction of sp³-hybridized carbons (Fsp3) is 0.500. The van der Waals surface area contributed by atoms with Crippen LogP contribution >= 0.6 is 11.3 Å². The second kappa shape index (κ2) is 5.26. The van der Waals surface area contributed by atoms with E-state index in [-0.39, 0.29) is 0 Å². The van der Waals surface area contributed by atoms with Crippen LogP contribution in [0.3, 0.4) is 0 Å². The highest BCUT2D eigenvalue weighted by atomic mass is 32.1. The lowest BCUT2D eigenvalue weighted by Gasteiger charge is -2.32. The Bertz CT molecular complexity index is 832. The Morgan fingerprint density at radius 2 is 2.22 bits per heavy atom. The van der Waals surface area contributed by atoms with Gasteiger partial charge in [0.2, 0.25) is 0 Å². The number of nitrogens with zero attached hydrogens (tertiary/aromatic N) is 5. The summed E-state index contributed by atoms with van der Waals surface area (Å²) in [4.78, 5) is 17.6. The average molecular weight is 326 g/mol. The highest BCUT2D eigenvalue weighted by molar-refractivity contribution is 7.11. The van der Waals surface area contributed by atoms with Gasteiger partial charge in [-0.3, -0.25) is 5.10 Å². The molecule has 0 unspecified atom stereocenters. The van der Waals surface area contributed by atoms with E-state index >= 15 is 0 Å². The number of thiazole rings is 1. The van der Waals surface area contributed by atoms with Crippen molar-refractivity contribution in [1.82, 2.24) is 25.1 Å². The molecular formula is C16H18N6S. The lowest BCUT2D eigenvalue weighted by Crippen LogP contribution is -2.35. The lowest BCUT2D eigenvalue weighted by molar-refractivity contribution is 0.505. The number of aromatic amines is 1. The first-order valence-electron chi connectivity index (χ1n) is 8.26. The summed E-state index contributed by atoms with van der Waals surface area (Å²) in [6, 6.07) is 0. The molecule has 23 heavy (non-hydrogen) atoms. The summed E-state index contributed by atoms with van der Waals surface area (Å²) in [7, 11) is 0. The van der Waals surface area contributed by atoms with Gasteiger partial charge in [-0.05, 0) is 32.1 Å². The zero-order valence-corrected chi connectivity index (χ0v) is 13.6. The van der Waals surface area contributed by atoms with Crippen LogP contribution < -0.4 is 4.90 Å². The molecule has 0 spiro atoms. The first-order chi connectivity index (χ1) is 11.4. The number of nitrogens with one attached hydrogen (secondary N) is 1. The minimum atomic E-state index is 0.524. The third-order valence-corrected chi connectivity index (χ3v) is 6.23. The van der Waals surface area contributed by atoms with Gasteiger partial charge in [0.05, 0.1) is 22.3 Å². The highest BCUT2D eigenvalue weighted by Crippen LogP contribution is 2.36. The molecule has 5 rings (SSSR count). The van der Waals surface area contributed by atoms with E-state index in [2.05, 4.69) is 25.1 Å². The lowest BCUT2D eigenvalue weighted by atomic mass is 9.98. The molecule has 6 nitrogen and oxygen atoms in total. The Kier molecular flexibility index (Phi) is 3.07. The van der Waals surface area contributed by atoms with Crippen LogP contribution in [0.25, 0.3) is 11.0 Å². The number of aryl methyl sites for hydroxylation is 2. The van der Waals surface area contributed by atoms with E-state index in [9.17, 15) is 0 Å². The first-order valence-corrected chi connectivity index (χ1v) is 9.07. The van der Waals surface area contributed by atoms with Crippen LogP contribution in [0.5, 0.6) is 0 Å². The summed E-state index contributed by atoms with van der Waals surface area (Å²) in [5.74, 6) is 1.52. The van der Waals surface area contributed by atoms with Crippen molar-refractivity contribution < 1.29 is 0 Å². The SMILES string of the molecule is c1nc(N2CCC[C@@H](c3nc4c(s3)CCC4)C2)c2cn[nH]c2n1. The molecule has 1 N–H and O–H groups in total. The maximum absolute atomic E-state index is 4.94. The summed E-state index contributed by atoms with van der Waals surface area (Å²) in [6.07, 6.45) is 9.53. The summed E-state index contributed by atoms with van der Waals surface area (Å²) in [5.41, 5.74) is 2.17. The van der Waals surface area contributed by atoms with Gasteiger partial charge < -0.3 is 4.90 Å². The van der Waals surface area contributed by atoms with Gasteiger partial charge in [-0.15, -0.1) is 11.3 Å². The molecule has 4 heterocycles. The standard InChI is InChI=1S/C16H18N6S/c1-4-12-13(5-1)23-16(20-12)10-3-2-6-22(8-10)15-11-7-19-21-14(11)17-9-18-15/h7,9-10H,1-6,8H2,(H,17,18,19,21)/t10-/m1/s1. The number of hydrogen-bond acceptors (Lipinski definition) is 6. The fourth-order valence-electron chi connectivity index (χ4n) is 3.76. The quantitative estimate of drug-likeness (QED) is 0.784. The molecule has 1 aliphatic carbocycles. The van der Waals surface area contributed by atoms with Crippen molar-refractivity contribution in [2.45, 2.75) is 38.0 Å². The van der Waals surface area contributed by atoms with Crippen molar-refractivity contribution in [2.75, 3.05) is 18.0 Å². The van der Waals surface area contributed by atoms with Gasteiger partial charge >= 0.3 is 0 Å². The van der Waals surface area contributed by atoms with E-state index in [1.165, 1.54) is 47.7 Å². The maximum Gasteiger partial charge on any atom is 0.160 e. The van der Waals surface area contributed by atoms with Gasteiger partial charge in [-0.1, -0.05) is 0 Å². The number of H-pyrrole nitrogens is 1. The number of rotatable bonds is 2. The fourth-order valence-corrected chi connectivity index (χ4v) is 5.04. The molecule has 3 aromatic rings. The third kappa shape index (κ3) is 2.22. The topological polar surface area (TPSA) is 70.6 Å². The molecule has 118 valence electrons. The predicted octanol–water partition coefficient (Wildman–Crippen LogP) is 2.68. The Hall–Kier alpha value is -2.02. The van der Waals surface area contributed by atoms with Crippen LogP contribution in [0, 0.1) is 0 Å². The molecule has 1 fully saturated rings. The Morgan fingerprint density at radius 3 is 3.17 bits per heavy atom. The smallest absolute Gasteiger partial charge is 0.160 e. The van der Waals surface area contributed by atoms with E-state index in [0.29, 0.717) is 5.92 Å². The summed E-state index contributed by atoms with van der Waals surface area (Å²) in [6.45, 7) is 2.03. The maximum atomic E-state index is 4.94. The van der Waals surface area contributed by atoms with Crippen molar-refractivity contribution in [2.24, 2.45) is 0 Å². The van der Waals surface area contributed by atoms with Crippen LogP contribution in [0.2, 0.25) is 0 Å². The number of hydrogen-bond donors (Lipinski definition) is 1. The Labute approximate surface area is 138 Å². The van der Waals surface area contributed by atoms with Gasteiger partial charge in [-0.2, -0.15) is 5.10 Å². The van der Waals surface area contributed by atoms with E-state index in [1.54, 1.807) is 6.33 Å². The molecule has 0 amide bonds. The zero-order valence-electron chi connectivity index (χ0n) is 12.8. The van der Waals surface area contributed by atoms with Crippen molar-refractivity contribution in [1.29, 1.82) is 0 Å². The van der Waals surface area contributed by atoms with Gasteiger partial charge in [0, 0.05) is 23.9 Å². The predicted molar refractivity (Wildman–Crippen MR) is 90.0 cm³/mol. The molecule has 3 aromatic heterocycles. The molecule has 0 aromatic carbocycles. The molecule has 0 radical (unpaired) electrons. The van der Waals surface area contributed by atoms with Gasteiger partial charge in [0.25, 0.3) is 0 Å². The molecule has 1 atom stereocenters. The third-order valence-electron chi connectivity index (χ3n) is 4.91. The largest absolute Gasteiger partial charge is 0.355 e. The number of aromatic nitrogens is 5. The Morgan fingerprint density at radius 1 is 1.22 bits per heavy atom. The Balaban J connectivity index is 1.45. The second-order valence-corrected chi connectivity index (χ2v) is 7.51. The molecular weight excluding hydrogens is 308 g/mol. The number of piperidine rings is 1. The number of fused-ring (bicyclic) bond motifs is 2. The molecule has 1 saturated heterocycles. The van der Waals surface area contributed by atoms with Crippen molar-refractivity contribution in [3.05, 3.63) is 28.1 Å². The van der Waals surface area contributed by atoms with Crippen molar-refractivity contribution in [3.8, 4) is 0 Å². The molecule has 1 aliphatic heterocycles. The van der Waals surface area contributed by atoms with Crippen LogP contribution in [-0.2, 0) is 12.8 Å². The molecule has 0 saturated carbocycles. The first kappa shape index (κ1) is 13.4. The van der Waals surface area contributed by atoms with E-state index in [1.807, 2.05) is 17.5 Å². The van der Waals surface area contributed by atoms with Crippen molar-refractivity contribution in [3.63, 3.8) is 0 Å². The van der Waals surface area contributed by atoms with Crippen LogP contribution in [0.15, 0.2) is 12.5 Å². The van der Waals surface area contributed by atoms with E-state index in [0.717, 1.165) is 29.9 Å². The van der Waals surface area contributed by atoms with Crippen molar-refractivity contribution >= 4 is 28.2 Å². The second-order valence-electron chi connectivity index (χ2n) is 6.39. The molecule has 0 bridgehead atoms. The van der Waals surface area contributed by atoms with Crippen LogP contribution in [0.4, 0.5) is 5.82 Å². The van der Waals surface area contributed by atoms with Gasteiger partial charge in [0.15, 0.2) is 5.65 Å². The average Bonchev–Trinajstić information content (AvgIpc) is 3.29. The monoisotopic (exact) mass is 326 g/mol. The minimum absolute atomic E-state index is 0.524.